The van der Waals surface area contributed by atoms with Crippen molar-refractivity contribution >= 4 is 0 Å². The Bertz CT molecular complexity index is 595. The van der Waals surface area contributed by atoms with Crippen LogP contribution in [0.5, 0.6) is 11.5 Å². The molecule has 1 atom stereocenters. The standard InChI is InChI=1S/C15H18N2O3/c1-2-6-17-7-5-16-15(17)14(18)11-3-4-12-13(10-11)20-9-8-19-12/h3-5,7,10,14,18H,2,6,8-9H2,1H3. The van der Waals surface area contributed by atoms with Gasteiger partial charge in [0.15, 0.2) is 11.5 Å². The van der Waals surface area contributed by atoms with Crippen LogP contribution < -0.4 is 9.47 Å². The molecule has 0 amide bonds. The molecule has 1 unspecified atom stereocenters. The van der Waals surface area contributed by atoms with Crippen molar-refractivity contribution in [3.63, 3.8) is 0 Å². The molecule has 0 saturated carbocycles. The molecule has 0 aliphatic carbocycles. The molecule has 106 valence electrons. The lowest BCUT2D eigenvalue weighted by Gasteiger charge is -2.20. The van der Waals surface area contributed by atoms with Crippen LogP contribution in [0, 0.1) is 0 Å². The Labute approximate surface area is 117 Å². The molecule has 0 radical (unpaired) electrons. The van der Waals surface area contributed by atoms with Crippen molar-refractivity contribution in [3.8, 4) is 11.5 Å². The number of nitrogens with zero attached hydrogens (tertiary/aromatic N) is 2. The van der Waals surface area contributed by atoms with Crippen LogP contribution >= 0.6 is 0 Å². The van der Waals surface area contributed by atoms with E-state index in [1.807, 2.05) is 29.0 Å². The summed E-state index contributed by atoms with van der Waals surface area (Å²) in [6.45, 7) is 4.05. The minimum absolute atomic E-state index is 0.539. The van der Waals surface area contributed by atoms with E-state index in [9.17, 15) is 5.11 Å². The van der Waals surface area contributed by atoms with Crippen LogP contribution in [0.2, 0.25) is 0 Å². The predicted octanol–water partition coefficient (Wildman–Crippen LogP) is 2.15. The van der Waals surface area contributed by atoms with Gasteiger partial charge in [-0.15, -0.1) is 0 Å². The maximum atomic E-state index is 10.5. The van der Waals surface area contributed by atoms with Crippen LogP contribution in [0.15, 0.2) is 30.6 Å². The van der Waals surface area contributed by atoms with E-state index in [1.165, 1.54) is 0 Å². The summed E-state index contributed by atoms with van der Waals surface area (Å²) in [4.78, 5) is 4.26. The van der Waals surface area contributed by atoms with Gasteiger partial charge in [0.1, 0.15) is 25.1 Å². The van der Waals surface area contributed by atoms with Crippen LogP contribution in [0.1, 0.15) is 30.8 Å². The number of ether oxygens (including phenoxy) is 2. The lowest BCUT2D eigenvalue weighted by Crippen LogP contribution is -2.16. The number of aliphatic hydroxyl groups is 1. The zero-order chi connectivity index (χ0) is 13.9. The van der Waals surface area contributed by atoms with E-state index in [0.29, 0.717) is 24.8 Å². The van der Waals surface area contributed by atoms with Crippen molar-refractivity contribution in [2.24, 2.45) is 0 Å². The molecule has 1 aromatic heterocycles. The normalized spacial score (nSPS) is 15.1. The van der Waals surface area contributed by atoms with Gasteiger partial charge in [-0.1, -0.05) is 13.0 Å². The highest BCUT2D eigenvalue weighted by atomic mass is 16.6. The monoisotopic (exact) mass is 274 g/mol. The smallest absolute Gasteiger partial charge is 0.161 e. The summed E-state index contributed by atoms with van der Waals surface area (Å²) in [6, 6.07) is 5.51. The number of aryl methyl sites for hydroxylation is 1. The average Bonchev–Trinajstić information content (AvgIpc) is 2.94. The molecule has 5 nitrogen and oxygen atoms in total. The van der Waals surface area contributed by atoms with E-state index in [-0.39, 0.29) is 0 Å². The van der Waals surface area contributed by atoms with Gasteiger partial charge in [-0.2, -0.15) is 0 Å². The van der Waals surface area contributed by atoms with Gasteiger partial charge in [-0.25, -0.2) is 4.98 Å². The zero-order valence-corrected chi connectivity index (χ0v) is 11.5. The van der Waals surface area contributed by atoms with E-state index >= 15 is 0 Å². The topological polar surface area (TPSA) is 56.5 Å². The van der Waals surface area contributed by atoms with Gasteiger partial charge in [0.05, 0.1) is 0 Å². The fourth-order valence-corrected chi connectivity index (χ4v) is 2.38. The molecule has 2 aromatic rings. The van der Waals surface area contributed by atoms with Crippen molar-refractivity contribution < 1.29 is 14.6 Å². The molecule has 20 heavy (non-hydrogen) atoms. The van der Waals surface area contributed by atoms with Crippen LogP contribution in [0.3, 0.4) is 0 Å². The molecule has 2 heterocycles. The number of imidazole rings is 1. The van der Waals surface area contributed by atoms with E-state index in [2.05, 4.69) is 11.9 Å². The maximum Gasteiger partial charge on any atom is 0.161 e. The molecule has 1 aromatic carbocycles. The van der Waals surface area contributed by atoms with E-state index in [4.69, 9.17) is 9.47 Å². The summed E-state index contributed by atoms with van der Waals surface area (Å²) >= 11 is 0. The zero-order valence-electron chi connectivity index (χ0n) is 11.5. The molecular weight excluding hydrogens is 256 g/mol. The van der Waals surface area contributed by atoms with Gasteiger partial charge in [0.25, 0.3) is 0 Å². The Kier molecular flexibility index (Phi) is 3.60. The van der Waals surface area contributed by atoms with E-state index in [1.54, 1.807) is 6.20 Å². The first-order chi connectivity index (χ1) is 9.79. The van der Waals surface area contributed by atoms with Gasteiger partial charge in [-0.3, -0.25) is 0 Å². The first kappa shape index (κ1) is 13.0. The molecule has 0 saturated heterocycles. The summed E-state index contributed by atoms with van der Waals surface area (Å²) in [5.74, 6) is 2.06. The first-order valence-electron chi connectivity index (χ1n) is 6.88. The van der Waals surface area contributed by atoms with Gasteiger partial charge >= 0.3 is 0 Å². The third-order valence-corrected chi connectivity index (χ3v) is 3.34. The fraction of sp³-hybridized carbons (Fsp3) is 0.400. The van der Waals surface area contributed by atoms with Gasteiger partial charge < -0.3 is 19.1 Å². The molecule has 1 N–H and O–H groups in total. The number of fused-ring (bicyclic) bond motifs is 1. The Morgan fingerprint density at radius 1 is 1.30 bits per heavy atom. The maximum absolute atomic E-state index is 10.5. The van der Waals surface area contributed by atoms with Crippen LogP contribution in [0.25, 0.3) is 0 Å². The first-order valence-corrected chi connectivity index (χ1v) is 6.88. The lowest BCUT2D eigenvalue weighted by molar-refractivity contribution is 0.169. The number of aromatic nitrogens is 2. The summed E-state index contributed by atoms with van der Waals surface area (Å²) in [5.41, 5.74) is 0.762. The van der Waals surface area contributed by atoms with E-state index < -0.39 is 6.10 Å². The summed E-state index contributed by atoms with van der Waals surface area (Å²) in [5, 5.41) is 10.5. The van der Waals surface area contributed by atoms with Crippen LogP contribution in [-0.4, -0.2) is 27.9 Å². The molecular formula is C15H18N2O3. The Morgan fingerprint density at radius 2 is 2.10 bits per heavy atom. The van der Waals surface area contributed by atoms with Crippen molar-refractivity contribution in [1.29, 1.82) is 0 Å². The summed E-state index contributed by atoms with van der Waals surface area (Å²) in [6.07, 6.45) is 3.84. The SMILES string of the molecule is CCCn1ccnc1C(O)c1ccc2c(c1)OCCO2. The molecule has 1 aliphatic rings. The van der Waals surface area contributed by atoms with Crippen LogP contribution in [0.4, 0.5) is 0 Å². The Morgan fingerprint density at radius 3 is 2.90 bits per heavy atom. The quantitative estimate of drug-likeness (QED) is 0.928. The molecule has 1 aliphatic heterocycles. The molecule has 3 rings (SSSR count). The summed E-state index contributed by atoms with van der Waals surface area (Å²) < 4.78 is 13.0. The lowest BCUT2D eigenvalue weighted by atomic mass is 10.1. The number of hydrogen-bond acceptors (Lipinski definition) is 4. The second-order valence-electron chi connectivity index (χ2n) is 4.78. The molecule has 0 bridgehead atoms. The van der Waals surface area contributed by atoms with Gasteiger partial charge in [-0.05, 0) is 24.1 Å². The Balaban J connectivity index is 1.90. The second-order valence-corrected chi connectivity index (χ2v) is 4.78. The highest BCUT2D eigenvalue weighted by Gasteiger charge is 2.19. The second kappa shape index (κ2) is 5.54. The number of hydrogen-bond donors (Lipinski definition) is 1. The third-order valence-electron chi connectivity index (χ3n) is 3.34. The number of aliphatic hydroxyl groups excluding tert-OH is 1. The minimum Gasteiger partial charge on any atom is -0.486 e. The Hall–Kier alpha value is -2.01. The highest BCUT2D eigenvalue weighted by Crippen LogP contribution is 2.33. The third kappa shape index (κ3) is 2.36. The average molecular weight is 274 g/mol. The van der Waals surface area contributed by atoms with Crippen molar-refractivity contribution in [2.75, 3.05) is 13.2 Å². The minimum atomic E-state index is -0.757. The van der Waals surface area contributed by atoms with Crippen molar-refractivity contribution in [1.82, 2.24) is 9.55 Å². The van der Waals surface area contributed by atoms with Gasteiger partial charge in [0.2, 0.25) is 0 Å². The molecule has 0 fully saturated rings. The fourth-order valence-electron chi connectivity index (χ4n) is 2.38. The summed E-state index contributed by atoms with van der Waals surface area (Å²) in [7, 11) is 0. The molecule has 0 spiro atoms. The molecule has 5 heteroatoms. The predicted molar refractivity (Wildman–Crippen MR) is 74.0 cm³/mol. The van der Waals surface area contributed by atoms with Crippen molar-refractivity contribution in [2.45, 2.75) is 26.0 Å². The van der Waals surface area contributed by atoms with E-state index in [0.717, 1.165) is 24.3 Å². The number of rotatable bonds is 4. The largest absolute Gasteiger partial charge is 0.486 e. The van der Waals surface area contributed by atoms with Crippen molar-refractivity contribution in [3.05, 3.63) is 42.0 Å². The number of benzene rings is 1. The van der Waals surface area contributed by atoms with Crippen LogP contribution in [-0.2, 0) is 6.54 Å². The highest BCUT2D eigenvalue weighted by molar-refractivity contribution is 5.45. The van der Waals surface area contributed by atoms with Gasteiger partial charge in [0, 0.05) is 18.9 Å².